The zero-order chi connectivity index (χ0) is 37.3. The number of nitrogens with zero attached hydrogens (tertiary/aromatic N) is 5. The molecule has 8 aromatic rings. The van der Waals surface area contributed by atoms with Crippen LogP contribution in [0.1, 0.15) is 33.4 Å². The lowest BCUT2D eigenvalue weighted by Crippen LogP contribution is -2.17. The number of benzene rings is 7. The summed E-state index contributed by atoms with van der Waals surface area (Å²) < 4.78 is 0. The lowest BCUT2D eigenvalue weighted by Gasteiger charge is -2.32. The van der Waals surface area contributed by atoms with Crippen molar-refractivity contribution in [3.05, 3.63) is 185 Å². The number of hydrogen-bond acceptors (Lipinski definition) is 5. The molecule has 0 aliphatic rings. The predicted octanol–water partition coefficient (Wildman–Crippen LogP) is 13.1. The van der Waals surface area contributed by atoms with E-state index >= 15 is 0 Å². The summed E-state index contributed by atoms with van der Waals surface area (Å²) in [5, 5.41) is 2.24. The van der Waals surface area contributed by atoms with E-state index in [1.54, 1.807) is 0 Å². The molecule has 0 N–H and O–H groups in total. The van der Waals surface area contributed by atoms with Crippen LogP contribution in [0.2, 0.25) is 0 Å². The van der Waals surface area contributed by atoms with Crippen LogP contribution in [-0.4, -0.2) is 15.0 Å². The maximum atomic E-state index is 5.20. The first kappa shape index (κ1) is 34.5. The fraction of sp³-hybridized carbons (Fsp3) is 0.122. The summed E-state index contributed by atoms with van der Waals surface area (Å²) in [5.74, 6) is 1.77. The highest BCUT2D eigenvalue weighted by molar-refractivity contribution is 5.98. The maximum absolute atomic E-state index is 5.20. The minimum absolute atomic E-state index is 0.541. The van der Waals surface area contributed by atoms with Gasteiger partial charge in [-0.3, -0.25) is 4.90 Å². The van der Waals surface area contributed by atoms with E-state index in [2.05, 4.69) is 142 Å². The Morgan fingerprint density at radius 2 is 0.815 bits per heavy atom. The molecule has 1 heterocycles. The van der Waals surface area contributed by atoms with Gasteiger partial charge in [-0.05, 0) is 99.5 Å². The van der Waals surface area contributed by atoms with Gasteiger partial charge in [0.25, 0.3) is 0 Å². The minimum Gasteiger partial charge on any atom is -0.309 e. The third-order valence-electron chi connectivity index (χ3n) is 9.98. The SMILES string of the molecule is Cc1cc(C)c(N(c2ccc(N(c3nc(-c4ccccc4)nc(-c4ccccc4)n3)c3cccc4ccccc34)cc2)c2c(C)cc(C)cc2C)c(C)c1. The Morgan fingerprint density at radius 1 is 0.389 bits per heavy atom. The lowest BCUT2D eigenvalue weighted by molar-refractivity contribution is 1.02. The molecule has 264 valence electrons. The van der Waals surface area contributed by atoms with E-state index in [1.807, 2.05) is 60.7 Å². The van der Waals surface area contributed by atoms with Gasteiger partial charge in [0.15, 0.2) is 11.6 Å². The normalized spacial score (nSPS) is 11.1. The molecule has 54 heavy (non-hydrogen) atoms. The molecule has 0 amide bonds. The van der Waals surface area contributed by atoms with Gasteiger partial charge in [-0.2, -0.15) is 9.97 Å². The molecule has 0 spiro atoms. The highest BCUT2D eigenvalue weighted by Gasteiger charge is 2.24. The van der Waals surface area contributed by atoms with Gasteiger partial charge in [0.2, 0.25) is 5.95 Å². The monoisotopic (exact) mass is 701 g/mol. The van der Waals surface area contributed by atoms with Crippen LogP contribution in [0.4, 0.5) is 34.4 Å². The summed E-state index contributed by atoms with van der Waals surface area (Å²) in [6, 6.07) is 53.1. The van der Waals surface area contributed by atoms with Crippen molar-refractivity contribution >= 4 is 45.2 Å². The number of rotatable bonds is 8. The summed E-state index contributed by atoms with van der Waals surface area (Å²) >= 11 is 0. The van der Waals surface area contributed by atoms with Gasteiger partial charge in [0.05, 0.1) is 17.1 Å². The zero-order valence-corrected chi connectivity index (χ0v) is 31.7. The molecule has 7 aromatic carbocycles. The first-order valence-electron chi connectivity index (χ1n) is 18.5. The van der Waals surface area contributed by atoms with Gasteiger partial charge in [-0.1, -0.05) is 132 Å². The van der Waals surface area contributed by atoms with E-state index in [-0.39, 0.29) is 0 Å². The second kappa shape index (κ2) is 14.4. The Morgan fingerprint density at radius 3 is 1.31 bits per heavy atom. The highest BCUT2D eigenvalue weighted by Crippen LogP contribution is 2.44. The van der Waals surface area contributed by atoms with E-state index in [9.17, 15) is 0 Å². The number of anilines is 6. The van der Waals surface area contributed by atoms with Crippen molar-refractivity contribution in [1.29, 1.82) is 0 Å². The summed E-state index contributed by atoms with van der Waals surface area (Å²) in [4.78, 5) is 20.0. The van der Waals surface area contributed by atoms with Crippen molar-refractivity contribution in [3.63, 3.8) is 0 Å². The van der Waals surface area contributed by atoms with Crippen LogP contribution in [-0.2, 0) is 0 Å². The summed E-state index contributed by atoms with van der Waals surface area (Å²) in [6.07, 6.45) is 0. The van der Waals surface area contributed by atoms with Crippen LogP contribution in [0.25, 0.3) is 33.5 Å². The molecule has 0 saturated heterocycles. The molecule has 0 saturated carbocycles. The van der Waals surface area contributed by atoms with Crippen LogP contribution in [0.3, 0.4) is 0 Å². The first-order chi connectivity index (χ1) is 26.2. The van der Waals surface area contributed by atoms with Gasteiger partial charge in [-0.15, -0.1) is 0 Å². The molecular weight excluding hydrogens is 659 g/mol. The molecule has 0 aliphatic carbocycles. The van der Waals surface area contributed by atoms with Crippen molar-refractivity contribution in [1.82, 2.24) is 15.0 Å². The average molecular weight is 702 g/mol. The van der Waals surface area contributed by atoms with Crippen LogP contribution in [0.15, 0.2) is 152 Å². The van der Waals surface area contributed by atoms with Crippen molar-refractivity contribution in [2.75, 3.05) is 9.80 Å². The smallest absolute Gasteiger partial charge is 0.238 e. The molecule has 1 aromatic heterocycles. The Hall–Kier alpha value is -6.59. The molecule has 0 unspecified atom stereocenters. The summed E-state index contributed by atoms with van der Waals surface area (Å²) in [5.41, 5.74) is 14.7. The molecule has 0 aliphatic heterocycles. The molecule has 8 rings (SSSR count). The number of fused-ring (bicyclic) bond motifs is 1. The number of hydrogen-bond donors (Lipinski definition) is 0. The Balaban J connectivity index is 1.35. The van der Waals surface area contributed by atoms with E-state index < -0.39 is 0 Å². The number of aryl methyl sites for hydroxylation is 6. The van der Waals surface area contributed by atoms with Crippen molar-refractivity contribution in [2.24, 2.45) is 0 Å². The quantitative estimate of drug-likeness (QED) is 0.158. The van der Waals surface area contributed by atoms with Crippen LogP contribution < -0.4 is 9.80 Å². The minimum atomic E-state index is 0.541. The maximum Gasteiger partial charge on any atom is 0.238 e. The molecule has 5 nitrogen and oxygen atoms in total. The van der Waals surface area contributed by atoms with Gasteiger partial charge in [-0.25, -0.2) is 4.98 Å². The van der Waals surface area contributed by atoms with Crippen molar-refractivity contribution in [2.45, 2.75) is 41.5 Å². The number of aromatic nitrogens is 3. The van der Waals surface area contributed by atoms with E-state index in [0.717, 1.165) is 39.0 Å². The molecule has 0 bridgehead atoms. The lowest BCUT2D eigenvalue weighted by atomic mass is 9.98. The topological polar surface area (TPSA) is 45.2 Å². The average Bonchev–Trinajstić information content (AvgIpc) is 3.18. The van der Waals surface area contributed by atoms with E-state index in [4.69, 9.17) is 15.0 Å². The van der Waals surface area contributed by atoms with Crippen molar-refractivity contribution in [3.8, 4) is 22.8 Å². The predicted molar refractivity (Wildman–Crippen MR) is 226 cm³/mol. The summed E-state index contributed by atoms with van der Waals surface area (Å²) in [7, 11) is 0. The second-order valence-corrected chi connectivity index (χ2v) is 14.2. The van der Waals surface area contributed by atoms with Gasteiger partial charge in [0.1, 0.15) is 0 Å². The fourth-order valence-corrected chi connectivity index (χ4v) is 7.83. The third kappa shape index (κ3) is 6.61. The van der Waals surface area contributed by atoms with Crippen LogP contribution in [0.5, 0.6) is 0 Å². The standard InChI is InChI=1S/C49H43N5/c1-32-28-34(3)45(35(4)29-32)54(46-36(5)30-33(2)31-37(46)6)42-26-24-41(25-27-42)53(44-23-15-21-38-16-13-14-22-43(38)44)49-51-47(39-17-9-7-10-18-39)50-48(52-49)40-19-11-8-12-20-40/h7-31H,1-6H3. The Kier molecular flexibility index (Phi) is 9.22. The Labute approximate surface area is 318 Å². The molecule has 0 atom stereocenters. The molecular formula is C49H43N5. The van der Waals surface area contributed by atoms with Gasteiger partial charge >= 0.3 is 0 Å². The zero-order valence-electron chi connectivity index (χ0n) is 31.7. The molecule has 5 heteroatoms. The summed E-state index contributed by atoms with van der Waals surface area (Å²) in [6.45, 7) is 13.2. The molecule has 0 radical (unpaired) electrons. The fourth-order valence-electron chi connectivity index (χ4n) is 7.83. The van der Waals surface area contributed by atoms with Crippen LogP contribution in [0, 0.1) is 41.5 Å². The first-order valence-corrected chi connectivity index (χ1v) is 18.5. The molecule has 0 fully saturated rings. The highest BCUT2D eigenvalue weighted by atomic mass is 15.3. The largest absolute Gasteiger partial charge is 0.309 e. The van der Waals surface area contributed by atoms with Gasteiger partial charge in [0, 0.05) is 27.9 Å². The third-order valence-corrected chi connectivity index (χ3v) is 9.98. The van der Waals surface area contributed by atoms with Gasteiger partial charge < -0.3 is 4.90 Å². The second-order valence-electron chi connectivity index (χ2n) is 14.2. The van der Waals surface area contributed by atoms with E-state index in [1.165, 1.54) is 44.8 Å². The van der Waals surface area contributed by atoms with E-state index in [0.29, 0.717) is 17.6 Å². The van der Waals surface area contributed by atoms with Crippen molar-refractivity contribution < 1.29 is 0 Å². The van der Waals surface area contributed by atoms with Crippen LogP contribution >= 0.6 is 0 Å². The Bertz CT molecular complexity index is 2450.